The van der Waals surface area contributed by atoms with E-state index in [0.29, 0.717) is 18.1 Å². The normalized spacial score (nSPS) is 17.1. The molecule has 1 aliphatic rings. The van der Waals surface area contributed by atoms with Gasteiger partial charge in [-0.1, -0.05) is 69.7 Å². The van der Waals surface area contributed by atoms with Crippen molar-refractivity contribution in [3.05, 3.63) is 77.6 Å². The predicted molar refractivity (Wildman–Crippen MR) is 135 cm³/mol. The fourth-order valence-corrected chi connectivity index (χ4v) is 4.95. The Morgan fingerprint density at radius 1 is 0.692 bits per heavy atom. The van der Waals surface area contributed by atoms with E-state index >= 15 is 0 Å². The highest BCUT2D eigenvalue weighted by Crippen LogP contribution is 2.34. The van der Waals surface area contributed by atoms with E-state index in [9.17, 15) is 35.1 Å². The fraction of sp³-hybridized carbons (Fsp3) is 0.400. The molecule has 0 unspecified atom stereocenters. The second kappa shape index (κ2) is 14.3. The van der Waals surface area contributed by atoms with Crippen molar-refractivity contribution in [1.82, 2.24) is 0 Å². The summed E-state index contributed by atoms with van der Waals surface area (Å²) in [7, 11) is 0. The van der Waals surface area contributed by atoms with E-state index in [1.54, 1.807) is 0 Å². The second-order valence-electron chi connectivity index (χ2n) is 9.62. The van der Waals surface area contributed by atoms with Crippen molar-refractivity contribution in [2.75, 3.05) is 6.67 Å². The molecule has 0 atom stereocenters. The minimum Gasteiger partial charge on any atom is -0.429 e. The predicted octanol–water partition coefficient (Wildman–Crippen LogP) is 10.3. The summed E-state index contributed by atoms with van der Waals surface area (Å²) < 4.78 is 108. The smallest absolute Gasteiger partial charge is 0.387 e. The number of alkyl halides is 3. The van der Waals surface area contributed by atoms with Crippen LogP contribution in [0.4, 0.5) is 35.1 Å². The van der Waals surface area contributed by atoms with Crippen molar-refractivity contribution in [1.29, 1.82) is 0 Å². The highest BCUT2D eigenvalue weighted by atomic mass is 19.3. The van der Waals surface area contributed by atoms with E-state index < -0.39 is 47.0 Å². The fourth-order valence-electron chi connectivity index (χ4n) is 4.95. The van der Waals surface area contributed by atoms with Crippen LogP contribution in [0.2, 0.25) is 0 Å². The maximum atomic E-state index is 13.8. The summed E-state index contributed by atoms with van der Waals surface area (Å²) in [6.45, 7) is -1.24. The van der Waals surface area contributed by atoms with Gasteiger partial charge < -0.3 is 4.74 Å². The van der Waals surface area contributed by atoms with Crippen molar-refractivity contribution in [3.8, 4) is 28.0 Å². The van der Waals surface area contributed by atoms with Crippen LogP contribution in [-0.4, -0.2) is 13.3 Å². The molecule has 3 aromatic rings. The third-order valence-corrected chi connectivity index (χ3v) is 6.90. The van der Waals surface area contributed by atoms with Crippen LogP contribution in [0.5, 0.6) is 5.75 Å². The van der Waals surface area contributed by atoms with E-state index in [1.807, 2.05) is 0 Å². The SMILES string of the molecule is CCCC1CCC(CCF)CC1.Fc1cc(F)c(-c2ccc(-c3cc(F)c(OC(F)F)c(F)c3)cc2)c(F)c1. The van der Waals surface area contributed by atoms with Crippen LogP contribution in [0.3, 0.4) is 0 Å². The number of hydrogen-bond donors (Lipinski definition) is 0. The van der Waals surface area contributed by atoms with Gasteiger partial charge in [0.1, 0.15) is 17.5 Å². The highest BCUT2D eigenvalue weighted by molar-refractivity contribution is 5.71. The van der Waals surface area contributed by atoms with Crippen LogP contribution in [0.15, 0.2) is 48.5 Å². The third-order valence-electron chi connectivity index (χ3n) is 6.90. The lowest BCUT2D eigenvalue weighted by atomic mass is 9.79. The molecule has 4 rings (SSSR count). The first-order chi connectivity index (χ1) is 18.6. The van der Waals surface area contributed by atoms with Crippen LogP contribution in [0.1, 0.15) is 51.9 Å². The minimum absolute atomic E-state index is 0.00165. The number of hydrogen-bond acceptors (Lipinski definition) is 1. The molecule has 9 heteroatoms. The average Bonchev–Trinajstić information content (AvgIpc) is 2.88. The van der Waals surface area contributed by atoms with E-state index in [4.69, 9.17) is 0 Å². The standard InChI is InChI=1S/C19H9F7O.C11H21F/c20-12-7-13(21)17(14(22)8-12)10-3-1-9(2-4-10)11-5-15(23)18(16(24)6-11)27-19(25)26;1-2-3-10-4-6-11(7-5-10)8-9-12/h1-8,19H;10-11H,2-9H2,1H3. The molecule has 0 bridgehead atoms. The Kier molecular flexibility index (Phi) is 11.2. The molecule has 0 heterocycles. The van der Waals surface area contributed by atoms with Gasteiger partial charge in [-0.15, -0.1) is 0 Å². The zero-order valence-corrected chi connectivity index (χ0v) is 21.4. The average molecular weight is 559 g/mol. The molecule has 1 nitrogen and oxygen atoms in total. The van der Waals surface area contributed by atoms with Crippen molar-refractivity contribution in [2.24, 2.45) is 11.8 Å². The summed E-state index contributed by atoms with van der Waals surface area (Å²) in [5, 5.41) is 0. The van der Waals surface area contributed by atoms with Gasteiger partial charge in [0.25, 0.3) is 0 Å². The molecule has 0 amide bonds. The maximum absolute atomic E-state index is 13.8. The Hall–Kier alpha value is -3.10. The summed E-state index contributed by atoms with van der Waals surface area (Å²) in [5.41, 5.74) is -0.130. The van der Waals surface area contributed by atoms with Gasteiger partial charge in [-0.3, -0.25) is 4.39 Å². The first-order valence-electron chi connectivity index (χ1n) is 12.9. The Labute approximate surface area is 222 Å². The number of rotatable bonds is 8. The van der Waals surface area contributed by atoms with Crippen LogP contribution >= 0.6 is 0 Å². The summed E-state index contributed by atoms with van der Waals surface area (Å²) in [5.74, 6) is -5.47. The molecule has 3 aromatic carbocycles. The molecule has 0 aromatic heterocycles. The van der Waals surface area contributed by atoms with Crippen LogP contribution in [-0.2, 0) is 0 Å². The second-order valence-corrected chi connectivity index (χ2v) is 9.62. The van der Waals surface area contributed by atoms with Crippen molar-refractivity contribution < 1.29 is 39.9 Å². The molecule has 0 radical (unpaired) electrons. The summed E-state index contributed by atoms with van der Waals surface area (Å²) in [6, 6.07) is 7.81. The van der Waals surface area contributed by atoms with Gasteiger partial charge in [0.15, 0.2) is 17.4 Å². The van der Waals surface area contributed by atoms with Crippen LogP contribution in [0, 0.1) is 40.9 Å². The van der Waals surface area contributed by atoms with Crippen LogP contribution < -0.4 is 4.74 Å². The van der Waals surface area contributed by atoms with Gasteiger partial charge in [-0.2, -0.15) is 8.78 Å². The Balaban J connectivity index is 0.000000293. The van der Waals surface area contributed by atoms with E-state index in [0.717, 1.165) is 24.5 Å². The molecular weight excluding hydrogens is 528 g/mol. The monoisotopic (exact) mass is 558 g/mol. The lowest BCUT2D eigenvalue weighted by Gasteiger charge is -2.27. The lowest BCUT2D eigenvalue weighted by molar-refractivity contribution is -0.0546. The van der Waals surface area contributed by atoms with E-state index in [2.05, 4.69) is 11.7 Å². The summed E-state index contributed by atoms with van der Waals surface area (Å²) >= 11 is 0. The zero-order chi connectivity index (χ0) is 28.5. The molecule has 0 spiro atoms. The largest absolute Gasteiger partial charge is 0.429 e. The van der Waals surface area contributed by atoms with Crippen molar-refractivity contribution in [2.45, 2.75) is 58.5 Å². The molecule has 0 N–H and O–H groups in total. The van der Waals surface area contributed by atoms with Gasteiger partial charge in [-0.25, -0.2) is 22.0 Å². The van der Waals surface area contributed by atoms with Gasteiger partial charge in [0.2, 0.25) is 0 Å². The third kappa shape index (κ3) is 8.44. The number of ether oxygens (including phenoxy) is 1. The highest BCUT2D eigenvalue weighted by Gasteiger charge is 2.20. The molecule has 1 saturated carbocycles. The van der Waals surface area contributed by atoms with Crippen molar-refractivity contribution >= 4 is 0 Å². The van der Waals surface area contributed by atoms with Gasteiger partial charge in [0, 0.05) is 12.1 Å². The van der Waals surface area contributed by atoms with E-state index in [-0.39, 0.29) is 23.4 Å². The van der Waals surface area contributed by atoms with E-state index in [1.165, 1.54) is 62.8 Å². The molecule has 1 fully saturated rings. The quantitative estimate of drug-likeness (QED) is 0.250. The number of halogens is 8. The molecular formula is C30H30F8O. The molecule has 0 aliphatic heterocycles. The first kappa shape index (κ1) is 30.4. The first-order valence-corrected chi connectivity index (χ1v) is 12.9. The molecule has 1 aliphatic carbocycles. The molecule has 212 valence electrons. The van der Waals surface area contributed by atoms with Gasteiger partial charge >= 0.3 is 6.61 Å². The van der Waals surface area contributed by atoms with Crippen molar-refractivity contribution in [3.63, 3.8) is 0 Å². The minimum atomic E-state index is -3.39. The maximum Gasteiger partial charge on any atom is 0.387 e. The Bertz CT molecular complexity index is 1140. The molecule has 0 saturated heterocycles. The Morgan fingerprint density at radius 2 is 1.18 bits per heavy atom. The lowest BCUT2D eigenvalue weighted by Crippen LogP contribution is -2.14. The summed E-state index contributed by atoms with van der Waals surface area (Å²) in [6.07, 6.45) is 8.82. The molecule has 39 heavy (non-hydrogen) atoms. The summed E-state index contributed by atoms with van der Waals surface area (Å²) in [4.78, 5) is 0. The van der Waals surface area contributed by atoms with Crippen LogP contribution in [0.25, 0.3) is 22.3 Å². The number of benzene rings is 3. The van der Waals surface area contributed by atoms with Gasteiger partial charge in [-0.05, 0) is 47.1 Å². The topological polar surface area (TPSA) is 9.23 Å². The zero-order valence-electron chi connectivity index (χ0n) is 21.4. The Morgan fingerprint density at radius 3 is 1.64 bits per heavy atom. The van der Waals surface area contributed by atoms with Gasteiger partial charge in [0.05, 0.1) is 12.2 Å².